The van der Waals surface area contributed by atoms with Crippen molar-refractivity contribution in [2.75, 3.05) is 0 Å². The highest BCUT2D eigenvalue weighted by atomic mass is 32.2. The van der Waals surface area contributed by atoms with Crippen molar-refractivity contribution < 1.29 is 9.18 Å². The quantitative estimate of drug-likeness (QED) is 0.590. The van der Waals surface area contributed by atoms with E-state index in [0.29, 0.717) is 14.8 Å². The molecule has 116 valence electrons. The van der Waals surface area contributed by atoms with Crippen LogP contribution in [0, 0.1) is 5.82 Å². The van der Waals surface area contributed by atoms with Crippen molar-refractivity contribution in [3.63, 3.8) is 0 Å². The van der Waals surface area contributed by atoms with Crippen LogP contribution in [0.3, 0.4) is 0 Å². The molecule has 3 rings (SSSR count). The summed E-state index contributed by atoms with van der Waals surface area (Å²) in [5.41, 5.74) is 1.40. The van der Waals surface area contributed by atoms with Gasteiger partial charge in [-0.1, -0.05) is 72.5 Å². The lowest BCUT2D eigenvalue weighted by molar-refractivity contribution is -0.123. The van der Waals surface area contributed by atoms with Crippen LogP contribution in [0.15, 0.2) is 59.5 Å². The van der Waals surface area contributed by atoms with E-state index in [1.165, 1.54) is 17.8 Å². The zero-order valence-electron chi connectivity index (χ0n) is 12.4. The van der Waals surface area contributed by atoms with Gasteiger partial charge in [-0.2, -0.15) is 0 Å². The van der Waals surface area contributed by atoms with Crippen molar-refractivity contribution in [1.82, 2.24) is 4.90 Å². The zero-order valence-corrected chi connectivity index (χ0v) is 14.0. The highest BCUT2D eigenvalue weighted by molar-refractivity contribution is 8.26. The van der Waals surface area contributed by atoms with Crippen molar-refractivity contribution in [2.45, 2.75) is 13.0 Å². The van der Waals surface area contributed by atoms with Crippen molar-refractivity contribution in [1.29, 1.82) is 0 Å². The van der Waals surface area contributed by atoms with E-state index in [4.69, 9.17) is 12.2 Å². The monoisotopic (exact) mass is 343 g/mol. The van der Waals surface area contributed by atoms with E-state index in [-0.39, 0.29) is 17.8 Å². The molecule has 5 heteroatoms. The van der Waals surface area contributed by atoms with Gasteiger partial charge in [-0.15, -0.1) is 0 Å². The standard InChI is InChI=1S/C18H14FNOS2/c1-12(13-7-3-2-4-8-13)20-17(21)16(23-18(20)22)11-14-9-5-6-10-15(14)19/h2-12H,1H3/b16-11-/t12-/m0/s1. The summed E-state index contributed by atoms with van der Waals surface area (Å²) in [5.74, 6) is -0.534. The normalized spacial score (nSPS) is 17.8. The maximum atomic E-state index is 13.8. The van der Waals surface area contributed by atoms with Gasteiger partial charge in [0, 0.05) is 5.56 Å². The molecule has 0 saturated carbocycles. The van der Waals surface area contributed by atoms with Gasteiger partial charge in [-0.25, -0.2) is 4.39 Å². The van der Waals surface area contributed by atoms with E-state index in [0.717, 1.165) is 5.56 Å². The van der Waals surface area contributed by atoms with Gasteiger partial charge in [-0.3, -0.25) is 9.69 Å². The molecule has 2 nitrogen and oxygen atoms in total. The number of halogens is 1. The Bertz CT molecular complexity index is 789. The van der Waals surface area contributed by atoms with Crippen molar-refractivity contribution >= 4 is 40.3 Å². The third-order valence-electron chi connectivity index (χ3n) is 3.68. The second-order valence-corrected chi connectivity index (χ2v) is 6.84. The van der Waals surface area contributed by atoms with Crippen LogP contribution in [0.2, 0.25) is 0 Å². The minimum absolute atomic E-state index is 0.157. The van der Waals surface area contributed by atoms with E-state index in [1.54, 1.807) is 29.2 Å². The van der Waals surface area contributed by atoms with Gasteiger partial charge in [0.25, 0.3) is 5.91 Å². The molecule has 0 aliphatic carbocycles. The lowest BCUT2D eigenvalue weighted by Gasteiger charge is -2.23. The average Bonchev–Trinajstić information content (AvgIpc) is 2.84. The summed E-state index contributed by atoms with van der Waals surface area (Å²) in [5, 5.41) is 0. The van der Waals surface area contributed by atoms with Crippen LogP contribution in [-0.4, -0.2) is 15.1 Å². The second-order valence-electron chi connectivity index (χ2n) is 5.16. The summed E-state index contributed by atoms with van der Waals surface area (Å²) in [7, 11) is 0. The fourth-order valence-electron chi connectivity index (χ4n) is 2.43. The third kappa shape index (κ3) is 3.21. The van der Waals surface area contributed by atoms with Crippen LogP contribution >= 0.6 is 24.0 Å². The largest absolute Gasteiger partial charge is 0.286 e. The first-order valence-electron chi connectivity index (χ1n) is 7.14. The van der Waals surface area contributed by atoms with Crippen LogP contribution in [0.25, 0.3) is 6.08 Å². The minimum Gasteiger partial charge on any atom is -0.286 e. The van der Waals surface area contributed by atoms with Crippen LogP contribution in [0.4, 0.5) is 4.39 Å². The Morgan fingerprint density at radius 2 is 1.78 bits per heavy atom. The van der Waals surface area contributed by atoms with Gasteiger partial charge in [-0.05, 0) is 24.6 Å². The summed E-state index contributed by atoms with van der Waals surface area (Å²) >= 11 is 6.56. The Kier molecular flexibility index (Phi) is 4.59. The van der Waals surface area contributed by atoms with E-state index >= 15 is 0 Å². The predicted molar refractivity (Wildman–Crippen MR) is 96.3 cm³/mol. The lowest BCUT2D eigenvalue weighted by atomic mass is 10.1. The Labute approximate surface area is 144 Å². The fourth-order valence-corrected chi connectivity index (χ4v) is 3.84. The number of benzene rings is 2. The summed E-state index contributed by atoms with van der Waals surface area (Å²) in [6, 6.07) is 15.9. The first-order chi connectivity index (χ1) is 11.1. The maximum Gasteiger partial charge on any atom is 0.266 e. The Hall–Kier alpha value is -1.98. The van der Waals surface area contributed by atoms with Crippen LogP contribution in [0.1, 0.15) is 24.1 Å². The molecule has 1 aliphatic rings. The summed E-state index contributed by atoms with van der Waals surface area (Å²) in [6.07, 6.45) is 1.56. The topological polar surface area (TPSA) is 20.3 Å². The fraction of sp³-hybridized carbons (Fsp3) is 0.111. The molecule has 1 aliphatic heterocycles. The number of thiocarbonyl (C=S) groups is 1. The molecule has 23 heavy (non-hydrogen) atoms. The number of thioether (sulfide) groups is 1. The molecule has 1 atom stereocenters. The Morgan fingerprint density at radius 3 is 2.48 bits per heavy atom. The smallest absolute Gasteiger partial charge is 0.266 e. The summed E-state index contributed by atoms with van der Waals surface area (Å²) in [6.45, 7) is 1.94. The number of hydrogen-bond acceptors (Lipinski definition) is 3. The zero-order chi connectivity index (χ0) is 16.4. The molecule has 0 aromatic heterocycles. The molecular formula is C18H14FNOS2. The Morgan fingerprint density at radius 1 is 1.13 bits per heavy atom. The van der Waals surface area contributed by atoms with Gasteiger partial charge < -0.3 is 0 Å². The molecule has 0 bridgehead atoms. The van der Waals surface area contributed by atoms with Gasteiger partial charge in [0.15, 0.2) is 0 Å². The molecule has 0 unspecified atom stereocenters. The van der Waals surface area contributed by atoms with Gasteiger partial charge >= 0.3 is 0 Å². The third-order valence-corrected chi connectivity index (χ3v) is 5.02. The summed E-state index contributed by atoms with van der Waals surface area (Å²) in [4.78, 5) is 14.7. The van der Waals surface area contributed by atoms with E-state index in [2.05, 4.69) is 0 Å². The van der Waals surface area contributed by atoms with Crippen LogP contribution < -0.4 is 0 Å². The van der Waals surface area contributed by atoms with Gasteiger partial charge in [0.05, 0.1) is 10.9 Å². The minimum atomic E-state index is -0.353. The average molecular weight is 343 g/mol. The maximum absolute atomic E-state index is 13.8. The molecular weight excluding hydrogens is 329 g/mol. The number of carbonyl (C=O) groups is 1. The molecule has 0 N–H and O–H groups in total. The highest BCUT2D eigenvalue weighted by Gasteiger charge is 2.35. The predicted octanol–water partition coefficient (Wildman–Crippen LogP) is 4.79. The van der Waals surface area contributed by atoms with Gasteiger partial charge in [0.1, 0.15) is 10.1 Å². The molecule has 1 fully saturated rings. The van der Waals surface area contributed by atoms with Crippen LogP contribution in [-0.2, 0) is 4.79 Å². The molecule has 2 aromatic rings. The number of amides is 1. The second kappa shape index (κ2) is 6.64. The van der Waals surface area contributed by atoms with Gasteiger partial charge in [0.2, 0.25) is 0 Å². The van der Waals surface area contributed by atoms with Crippen molar-refractivity contribution in [3.05, 3.63) is 76.4 Å². The van der Waals surface area contributed by atoms with E-state index < -0.39 is 0 Å². The number of carbonyl (C=O) groups excluding carboxylic acids is 1. The molecule has 0 spiro atoms. The SMILES string of the molecule is C[C@@H](c1ccccc1)N1C(=O)/C(=C/c2ccccc2F)SC1=S. The first kappa shape index (κ1) is 15.9. The first-order valence-corrected chi connectivity index (χ1v) is 8.37. The molecule has 1 amide bonds. The molecule has 2 aromatic carbocycles. The van der Waals surface area contributed by atoms with E-state index in [9.17, 15) is 9.18 Å². The number of hydrogen-bond donors (Lipinski definition) is 0. The van der Waals surface area contributed by atoms with E-state index in [1.807, 2.05) is 37.3 Å². The molecule has 1 saturated heterocycles. The van der Waals surface area contributed by atoms with Crippen molar-refractivity contribution in [2.24, 2.45) is 0 Å². The number of nitrogens with zero attached hydrogens (tertiary/aromatic N) is 1. The summed E-state index contributed by atoms with van der Waals surface area (Å²) < 4.78 is 14.3. The molecule has 1 heterocycles. The lowest BCUT2D eigenvalue weighted by Crippen LogP contribution is -2.30. The number of rotatable bonds is 3. The highest BCUT2D eigenvalue weighted by Crippen LogP contribution is 2.38. The Balaban J connectivity index is 1.90. The molecule has 0 radical (unpaired) electrons. The van der Waals surface area contributed by atoms with Crippen LogP contribution in [0.5, 0.6) is 0 Å². The van der Waals surface area contributed by atoms with Crippen molar-refractivity contribution in [3.8, 4) is 0 Å².